The fourth-order valence-electron chi connectivity index (χ4n) is 3.11. The molecule has 162 valence electrons. The zero-order valence-corrected chi connectivity index (χ0v) is 17.9. The molecule has 2 N–H and O–H groups in total. The smallest absolute Gasteiger partial charge is 0.319 e. The lowest BCUT2D eigenvalue weighted by atomic mass is 10.1. The highest BCUT2D eigenvalue weighted by molar-refractivity contribution is 7.89. The van der Waals surface area contributed by atoms with Crippen LogP contribution in [0.25, 0.3) is 0 Å². The number of nitrogens with one attached hydrogen (secondary N) is 2. The second kappa shape index (κ2) is 9.23. The van der Waals surface area contributed by atoms with Crippen molar-refractivity contribution in [2.24, 2.45) is 0 Å². The van der Waals surface area contributed by atoms with Gasteiger partial charge in [0.2, 0.25) is 10.0 Å². The van der Waals surface area contributed by atoms with Crippen LogP contribution in [0, 0.1) is 0 Å². The Labute approximate surface area is 176 Å². The molecule has 30 heavy (non-hydrogen) atoms. The lowest BCUT2D eigenvalue weighted by molar-refractivity contribution is 0.252. The second-order valence-electron chi connectivity index (χ2n) is 6.51. The molecule has 10 heteroatoms. The minimum Gasteiger partial charge on any atom is -0.497 e. The zero-order valence-electron chi connectivity index (χ0n) is 17.1. The van der Waals surface area contributed by atoms with Crippen molar-refractivity contribution in [1.82, 2.24) is 9.62 Å². The van der Waals surface area contributed by atoms with E-state index in [9.17, 15) is 13.2 Å². The van der Waals surface area contributed by atoms with Crippen LogP contribution in [0.5, 0.6) is 17.2 Å². The highest BCUT2D eigenvalue weighted by Gasteiger charge is 2.31. The number of nitrogens with zero attached hydrogens (tertiary/aromatic N) is 1. The van der Waals surface area contributed by atoms with E-state index in [2.05, 4.69) is 10.6 Å². The SMILES string of the molecule is CCNC(=O)Nc1ccc2c(c1)CN(S(=O)(=O)c1cc(OC)ccc1OC)CCO2. The molecule has 2 amide bonds. The zero-order chi connectivity index (χ0) is 21.7. The Hall–Kier alpha value is -2.98. The number of hydrogen-bond acceptors (Lipinski definition) is 6. The summed E-state index contributed by atoms with van der Waals surface area (Å²) in [6, 6.07) is 9.44. The number of urea groups is 1. The van der Waals surface area contributed by atoms with E-state index in [0.717, 1.165) is 0 Å². The lowest BCUT2D eigenvalue weighted by Gasteiger charge is -2.21. The van der Waals surface area contributed by atoms with Gasteiger partial charge >= 0.3 is 6.03 Å². The fraction of sp³-hybridized carbons (Fsp3) is 0.350. The predicted octanol–water partition coefficient (Wildman–Crippen LogP) is 2.43. The van der Waals surface area contributed by atoms with Gasteiger partial charge in [-0.25, -0.2) is 13.2 Å². The van der Waals surface area contributed by atoms with E-state index in [1.807, 2.05) is 6.92 Å². The summed E-state index contributed by atoms with van der Waals surface area (Å²) in [5.41, 5.74) is 1.19. The van der Waals surface area contributed by atoms with Gasteiger partial charge in [0.15, 0.2) is 0 Å². The molecule has 0 spiro atoms. The van der Waals surface area contributed by atoms with Crippen LogP contribution in [0.2, 0.25) is 0 Å². The van der Waals surface area contributed by atoms with Gasteiger partial charge in [-0.1, -0.05) is 0 Å². The fourth-order valence-corrected chi connectivity index (χ4v) is 4.69. The van der Waals surface area contributed by atoms with Crippen LogP contribution in [-0.2, 0) is 16.6 Å². The van der Waals surface area contributed by atoms with Gasteiger partial charge in [0.25, 0.3) is 0 Å². The summed E-state index contributed by atoms with van der Waals surface area (Å²) >= 11 is 0. The maximum atomic E-state index is 13.4. The van der Waals surface area contributed by atoms with E-state index in [0.29, 0.717) is 29.3 Å². The molecular weight excluding hydrogens is 410 g/mol. The van der Waals surface area contributed by atoms with E-state index >= 15 is 0 Å². The number of carbonyl (C=O) groups excluding carboxylic acids is 1. The normalized spacial score (nSPS) is 14.1. The molecule has 2 aromatic carbocycles. The van der Waals surface area contributed by atoms with Gasteiger partial charge in [-0.3, -0.25) is 0 Å². The topological polar surface area (TPSA) is 106 Å². The molecule has 0 bridgehead atoms. The Balaban J connectivity index is 1.93. The van der Waals surface area contributed by atoms with Gasteiger partial charge < -0.3 is 24.8 Å². The molecule has 0 aromatic heterocycles. The van der Waals surface area contributed by atoms with Crippen LogP contribution in [0.3, 0.4) is 0 Å². The number of rotatable bonds is 6. The largest absolute Gasteiger partial charge is 0.497 e. The first-order valence-corrected chi connectivity index (χ1v) is 10.9. The summed E-state index contributed by atoms with van der Waals surface area (Å²) in [4.78, 5) is 11.8. The lowest BCUT2D eigenvalue weighted by Crippen LogP contribution is -2.33. The Morgan fingerprint density at radius 3 is 2.67 bits per heavy atom. The average molecular weight is 436 g/mol. The molecule has 0 fully saturated rings. The molecule has 0 radical (unpaired) electrons. The van der Waals surface area contributed by atoms with E-state index < -0.39 is 10.0 Å². The van der Waals surface area contributed by atoms with Crippen molar-refractivity contribution in [1.29, 1.82) is 0 Å². The number of carbonyl (C=O) groups is 1. The standard InChI is InChI=1S/C20H25N3O6S/c1-4-21-20(24)22-15-5-7-17-14(11-15)13-23(9-10-29-17)30(25,26)19-12-16(27-2)6-8-18(19)28-3/h5-8,11-12H,4,9-10,13H2,1-3H3,(H2,21,22,24). The average Bonchev–Trinajstić information content (AvgIpc) is 2.96. The first kappa shape index (κ1) is 21.7. The van der Waals surface area contributed by atoms with E-state index in [1.165, 1.54) is 24.6 Å². The van der Waals surface area contributed by atoms with Crippen LogP contribution >= 0.6 is 0 Å². The number of amides is 2. The van der Waals surface area contributed by atoms with Crippen LogP contribution in [0.4, 0.5) is 10.5 Å². The third-order valence-corrected chi connectivity index (χ3v) is 6.46. The summed E-state index contributed by atoms with van der Waals surface area (Å²) in [6.07, 6.45) is 0. The third kappa shape index (κ3) is 4.60. The summed E-state index contributed by atoms with van der Waals surface area (Å²) in [5.74, 6) is 1.22. The van der Waals surface area contributed by atoms with Crippen LogP contribution in [-0.4, -0.2) is 52.7 Å². The van der Waals surface area contributed by atoms with Crippen molar-refractivity contribution in [2.45, 2.75) is 18.4 Å². The van der Waals surface area contributed by atoms with Crippen molar-refractivity contribution in [3.05, 3.63) is 42.0 Å². The monoisotopic (exact) mass is 435 g/mol. The number of sulfonamides is 1. The number of benzene rings is 2. The molecule has 2 aromatic rings. The molecule has 3 rings (SSSR count). The molecular formula is C20H25N3O6S. The Kier molecular flexibility index (Phi) is 6.68. The first-order valence-electron chi connectivity index (χ1n) is 9.41. The van der Waals surface area contributed by atoms with Gasteiger partial charge in [-0.05, 0) is 37.3 Å². The number of fused-ring (bicyclic) bond motifs is 1. The quantitative estimate of drug-likeness (QED) is 0.722. The minimum atomic E-state index is -3.90. The summed E-state index contributed by atoms with van der Waals surface area (Å²) < 4.78 is 44.3. The van der Waals surface area contributed by atoms with Gasteiger partial charge in [0, 0.05) is 37.0 Å². The van der Waals surface area contributed by atoms with Crippen LogP contribution < -0.4 is 24.8 Å². The maximum absolute atomic E-state index is 13.4. The van der Waals surface area contributed by atoms with E-state index in [4.69, 9.17) is 14.2 Å². The number of anilines is 1. The number of methoxy groups -OCH3 is 2. The molecule has 0 aliphatic carbocycles. The molecule has 0 saturated heterocycles. The van der Waals surface area contributed by atoms with Crippen molar-refractivity contribution in [2.75, 3.05) is 39.2 Å². The maximum Gasteiger partial charge on any atom is 0.319 e. The molecule has 0 atom stereocenters. The molecule has 1 aliphatic heterocycles. The highest BCUT2D eigenvalue weighted by atomic mass is 32.2. The van der Waals surface area contributed by atoms with E-state index in [1.54, 1.807) is 30.3 Å². The molecule has 1 aliphatic rings. The van der Waals surface area contributed by atoms with Gasteiger partial charge in [0.1, 0.15) is 28.8 Å². The third-order valence-electron chi connectivity index (χ3n) is 4.59. The summed E-state index contributed by atoms with van der Waals surface area (Å²) in [7, 11) is -1.01. The Morgan fingerprint density at radius 2 is 1.97 bits per heavy atom. The van der Waals surface area contributed by atoms with Crippen molar-refractivity contribution < 1.29 is 27.4 Å². The second-order valence-corrected chi connectivity index (χ2v) is 8.42. The first-order chi connectivity index (χ1) is 14.4. The highest BCUT2D eigenvalue weighted by Crippen LogP contribution is 2.34. The van der Waals surface area contributed by atoms with Crippen LogP contribution in [0.1, 0.15) is 12.5 Å². The van der Waals surface area contributed by atoms with Crippen molar-refractivity contribution >= 4 is 21.7 Å². The van der Waals surface area contributed by atoms with Gasteiger partial charge in [0.05, 0.1) is 14.2 Å². The van der Waals surface area contributed by atoms with E-state index in [-0.39, 0.29) is 36.4 Å². The number of ether oxygens (including phenoxy) is 3. The Bertz CT molecular complexity index is 1030. The summed E-state index contributed by atoms with van der Waals surface area (Å²) in [6.45, 7) is 2.76. The van der Waals surface area contributed by atoms with Crippen molar-refractivity contribution in [3.8, 4) is 17.2 Å². The number of hydrogen-bond donors (Lipinski definition) is 2. The molecule has 9 nitrogen and oxygen atoms in total. The molecule has 0 saturated carbocycles. The van der Waals surface area contributed by atoms with Crippen molar-refractivity contribution in [3.63, 3.8) is 0 Å². The predicted molar refractivity (Wildman–Crippen MR) is 112 cm³/mol. The van der Waals surface area contributed by atoms with Crippen LogP contribution in [0.15, 0.2) is 41.3 Å². The molecule has 0 unspecified atom stereocenters. The van der Waals surface area contributed by atoms with Gasteiger partial charge in [-0.2, -0.15) is 4.31 Å². The Morgan fingerprint density at radius 1 is 1.17 bits per heavy atom. The van der Waals surface area contributed by atoms with Gasteiger partial charge in [-0.15, -0.1) is 0 Å². The minimum absolute atomic E-state index is 0.0180. The summed E-state index contributed by atoms with van der Waals surface area (Å²) in [5, 5.41) is 5.37. The molecule has 1 heterocycles.